The van der Waals surface area contributed by atoms with Gasteiger partial charge in [0.1, 0.15) is 10.7 Å². The fraction of sp³-hybridized carbons (Fsp3) is 0.250. The number of nitrogens with two attached hydrogens (primary N) is 1. The number of nitrogens with zero attached hydrogens (tertiary/aromatic N) is 1. The summed E-state index contributed by atoms with van der Waals surface area (Å²) in [7, 11) is -4.33. The van der Waals surface area contributed by atoms with Gasteiger partial charge in [-0.2, -0.15) is 4.31 Å². The zero-order valence-electron chi connectivity index (χ0n) is 12.8. The van der Waals surface area contributed by atoms with Crippen LogP contribution in [0.4, 0.5) is 13.2 Å². The van der Waals surface area contributed by atoms with Gasteiger partial charge in [-0.15, -0.1) is 0 Å². The Bertz CT molecular complexity index is 798. The molecule has 0 aliphatic rings. The van der Waals surface area contributed by atoms with Crippen LogP contribution in [-0.2, 0) is 16.4 Å². The van der Waals surface area contributed by atoms with Gasteiger partial charge in [0, 0.05) is 25.7 Å². The Morgan fingerprint density at radius 2 is 1.54 bits per heavy atom. The Kier molecular flexibility index (Phi) is 5.98. The molecule has 24 heavy (non-hydrogen) atoms. The van der Waals surface area contributed by atoms with E-state index >= 15 is 0 Å². The van der Waals surface area contributed by atoms with E-state index in [0.29, 0.717) is 12.5 Å². The minimum atomic E-state index is -4.33. The zero-order chi connectivity index (χ0) is 17.7. The van der Waals surface area contributed by atoms with Gasteiger partial charge in [0.2, 0.25) is 10.0 Å². The van der Waals surface area contributed by atoms with Crippen molar-refractivity contribution in [2.75, 3.05) is 19.6 Å². The summed E-state index contributed by atoms with van der Waals surface area (Å²) in [5.74, 6) is -4.21. The van der Waals surface area contributed by atoms with Crippen LogP contribution in [0.3, 0.4) is 0 Å². The molecular formula is C16H17F3N2O2S. The van der Waals surface area contributed by atoms with Crippen molar-refractivity contribution >= 4 is 10.0 Å². The normalized spacial score (nSPS) is 11.9. The highest BCUT2D eigenvalue weighted by molar-refractivity contribution is 7.89. The van der Waals surface area contributed by atoms with Crippen molar-refractivity contribution in [1.82, 2.24) is 4.31 Å². The van der Waals surface area contributed by atoms with Crippen LogP contribution < -0.4 is 5.73 Å². The summed E-state index contributed by atoms with van der Waals surface area (Å²) < 4.78 is 66.3. The van der Waals surface area contributed by atoms with Crippen molar-refractivity contribution in [3.05, 3.63) is 65.5 Å². The second-order valence-corrected chi connectivity index (χ2v) is 7.03. The number of sulfonamides is 1. The lowest BCUT2D eigenvalue weighted by Gasteiger charge is -2.22. The Morgan fingerprint density at radius 1 is 0.917 bits per heavy atom. The highest BCUT2D eigenvalue weighted by Gasteiger charge is 2.28. The van der Waals surface area contributed by atoms with Gasteiger partial charge in [-0.1, -0.05) is 30.3 Å². The van der Waals surface area contributed by atoms with Crippen LogP contribution in [0, 0.1) is 17.5 Å². The van der Waals surface area contributed by atoms with Gasteiger partial charge in [-0.25, -0.2) is 21.6 Å². The molecule has 0 radical (unpaired) electrons. The van der Waals surface area contributed by atoms with Gasteiger partial charge in [0.15, 0.2) is 11.6 Å². The summed E-state index contributed by atoms with van der Waals surface area (Å²) in [6.07, 6.45) is 0.380. The quantitative estimate of drug-likeness (QED) is 0.773. The van der Waals surface area contributed by atoms with Crippen LogP contribution in [0.2, 0.25) is 0 Å². The van der Waals surface area contributed by atoms with Gasteiger partial charge < -0.3 is 5.73 Å². The Hall–Kier alpha value is -1.90. The van der Waals surface area contributed by atoms with Gasteiger partial charge in [0.25, 0.3) is 0 Å². The Balaban J connectivity index is 2.30. The van der Waals surface area contributed by atoms with Crippen LogP contribution in [0.5, 0.6) is 0 Å². The summed E-state index contributed by atoms with van der Waals surface area (Å²) in [6, 6.07) is 9.68. The van der Waals surface area contributed by atoms with E-state index in [4.69, 9.17) is 5.73 Å². The SMILES string of the molecule is NCCN(CCc1ccccc1)S(=O)(=O)c1cc(F)c(F)cc1F. The molecule has 8 heteroatoms. The molecular weight excluding hydrogens is 341 g/mol. The summed E-state index contributed by atoms with van der Waals surface area (Å²) in [5.41, 5.74) is 6.32. The van der Waals surface area contributed by atoms with Gasteiger partial charge in [0.05, 0.1) is 0 Å². The zero-order valence-corrected chi connectivity index (χ0v) is 13.6. The first-order valence-corrected chi connectivity index (χ1v) is 8.69. The average molecular weight is 358 g/mol. The van der Waals surface area contributed by atoms with E-state index < -0.39 is 32.4 Å². The van der Waals surface area contributed by atoms with E-state index in [9.17, 15) is 21.6 Å². The third-order valence-electron chi connectivity index (χ3n) is 3.46. The highest BCUT2D eigenvalue weighted by Crippen LogP contribution is 2.22. The average Bonchev–Trinajstić information content (AvgIpc) is 2.55. The second kappa shape index (κ2) is 7.78. The maximum Gasteiger partial charge on any atom is 0.246 e. The predicted molar refractivity (Wildman–Crippen MR) is 84.3 cm³/mol. The molecule has 0 aliphatic heterocycles. The number of hydrogen-bond acceptors (Lipinski definition) is 3. The molecule has 0 unspecified atom stereocenters. The van der Waals surface area contributed by atoms with Gasteiger partial charge in [-0.3, -0.25) is 0 Å². The van der Waals surface area contributed by atoms with E-state index in [2.05, 4.69) is 0 Å². The first kappa shape index (κ1) is 18.4. The number of halogens is 3. The second-order valence-electron chi connectivity index (χ2n) is 5.13. The van der Waals surface area contributed by atoms with Crippen molar-refractivity contribution in [3.63, 3.8) is 0 Å². The Labute approximate surface area is 138 Å². The van der Waals surface area contributed by atoms with E-state index in [1.807, 2.05) is 30.3 Å². The minimum absolute atomic E-state index is 0.0132. The number of rotatable bonds is 7. The summed E-state index contributed by atoms with van der Waals surface area (Å²) in [4.78, 5) is -0.900. The van der Waals surface area contributed by atoms with Crippen LogP contribution in [-0.4, -0.2) is 32.4 Å². The minimum Gasteiger partial charge on any atom is -0.329 e. The largest absolute Gasteiger partial charge is 0.329 e. The molecule has 2 aromatic carbocycles. The maximum absolute atomic E-state index is 13.8. The molecule has 0 fully saturated rings. The molecule has 130 valence electrons. The van der Waals surface area contributed by atoms with Crippen molar-refractivity contribution in [3.8, 4) is 0 Å². The van der Waals surface area contributed by atoms with Gasteiger partial charge >= 0.3 is 0 Å². The van der Waals surface area contributed by atoms with Crippen molar-refractivity contribution in [2.24, 2.45) is 5.73 Å². The van der Waals surface area contributed by atoms with E-state index in [1.54, 1.807) is 0 Å². The number of benzene rings is 2. The molecule has 0 saturated carbocycles. The standard InChI is InChI=1S/C16H17F3N2O2S/c17-13-10-15(19)16(11-14(13)18)24(22,23)21(9-7-20)8-6-12-4-2-1-3-5-12/h1-5,10-11H,6-9,20H2. The molecule has 0 bridgehead atoms. The van der Waals surface area contributed by atoms with Crippen LogP contribution >= 0.6 is 0 Å². The van der Waals surface area contributed by atoms with Crippen LogP contribution in [0.15, 0.2) is 47.4 Å². The fourth-order valence-corrected chi connectivity index (χ4v) is 3.75. The van der Waals surface area contributed by atoms with E-state index in [-0.39, 0.29) is 25.7 Å². The summed E-state index contributed by atoms with van der Waals surface area (Å²) >= 11 is 0. The van der Waals surface area contributed by atoms with Crippen molar-refractivity contribution < 1.29 is 21.6 Å². The first-order chi connectivity index (χ1) is 11.4. The lowest BCUT2D eigenvalue weighted by atomic mass is 10.1. The molecule has 0 spiro atoms. The third-order valence-corrected chi connectivity index (χ3v) is 5.38. The fourth-order valence-electron chi connectivity index (χ4n) is 2.24. The molecule has 4 nitrogen and oxygen atoms in total. The van der Waals surface area contributed by atoms with Gasteiger partial charge in [-0.05, 0) is 18.1 Å². The molecule has 0 saturated heterocycles. The van der Waals surface area contributed by atoms with Crippen LogP contribution in [0.1, 0.15) is 5.56 Å². The maximum atomic E-state index is 13.8. The predicted octanol–water partition coefficient (Wildman–Crippen LogP) is 2.30. The van der Waals surface area contributed by atoms with Crippen molar-refractivity contribution in [2.45, 2.75) is 11.3 Å². The van der Waals surface area contributed by atoms with Crippen LogP contribution in [0.25, 0.3) is 0 Å². The molecule has 2 N–H and O–H groups in total. The molecule has 0 atom stereocenters. The summed E-state index contributed by atoms with van der Waals surface area (Å²) in [6.45, 7) is -0.00506. The molecule has 0 aliphatic carbocycles. The van der Waals surface area contributed by atoms with E-state index in [0.717, 1.165) is 9.87 Å². The molecule has 2 aromatic rings. The molecule has 0 aromatic heterocycles. The smallest absolute Gasteiger partial charge is 0.246 e. The molecule has 0 amide bonds. The number of hydrogen-bond donors (Lipinski definition) is 1. The van der Waals surface area contributed by atoms with Crippen molar-refractivity contribution in [1.29, 1.82) is 0 Å². The Morgan fingerprint density at radius 3 is 2.17 bits per heavy atom. The van der Waals surface area contributed by atoms with E-state index in [1.165, 1.54) is 0 Å². The monoisotopic (exact) mass is 358 g/mol. The topological polar surface area (TPSA) is 63.4 Å². The third kappa shape index (κ3) is 4.14. The molecule has 2 rings (SSSR count). The summed E-state index contributed by atoms with van der Waals surface area (Å²) in [5, 5.41) is 0. The lowest BCUT2D eigenvalue weighted by molar-refractivity contribution is 0.414. The highest BCUT2D eigenvalue weighted by atomic mass is 32.2. The molecule has 0 heterocycles. The first-order valence-electron chi connectivity index (χ1n) is 7.25. The lowest BCUT2D eigenvalue weighted by Crippen LogP contribution is -2.37.